The van der Waals surface area contributed by atoms with Crippen molar-refractivity contribution < 1.29 is 5.11 Å². The van der Waals surface area contributed by atoms with Gasteiger partial charge in [0.1, 0.15) is 0 Å². The van der Waals surface area contributed by atoms with Crippen LogP contribution in [0.2, 0.25) is 0 Å². The van der Waals surface area contributed by atoms with Crippen LogP contribution >= 0.6 is 0 Å². The molecule has 4 heteroatoms. The van der Waals surface area contributed by atoms with Gasteiger partial charge in [-0.2, -0.15) is 5.10 Å². The fraction of sp³-hybridized carbons (Fsp3) is 0.471. The molecule has 1 aromatic heterocycles. The minimum atomic E-state index is -0.0563. The molecule has 0 aliphatic heterocycles. The van der Waals surface area contributed by atoms with Gasteiger partial charge in [-0.3, -0.25) is 4.68 Å². The summed E-state index contributed by atoms with van der Waals surface area (Å²) in [5.41, 5.74) is 3.39. The van der Waals surface area contributed by atoms with Crippen LogP contribution in [0.4, 0.5) is 0 Å². The highest BCUT2D eigenvalue weighted by Gasteiger charge is 2.22. The molecule has 0 bridgehead atoms. The van der Waals surface area contributed by atoms with Crippen LogP contribution < -0.4 is 5.32 Å². The third kappa shape index (κ3) is 3.93. The zero-order chi connectivity index (χ0) is 15.5. The van der Waals surface area contributed by atoms with Crippen molar-refractivity contribution in [1.29, 1.82) is 0 Å². The molecule has 1 aromatic carbocycles. The minimum absolute atomic E-state index is 0.0136. The highest BCUT2D eigenvalue weighted by atomic mass is 16.3. The Labute approximate surface area is 126 Å². The Morgan fingerprint density at radius 3 is 2.48 bits per heavy atom. The molecule has 2 aromatic rings. The van der Waals surface area contributed by atoms with Gasteiger partial charge in [0.05, 0.1) is 18.3 Å². The summed E-state index contributed by atoms with van der Waals surface area (Å²) in [4.78, 5) is 0. The molecule has 0 saturated carbocycles. The van der Waals surface area contributed by atoms with Crippen LogP contribution in [0.3, 0.4) is 0 Å². The van der Waals surface area contributed by atoms with Gasteiger partial charge in [-0.15, -0.1) is 0 Å². The molecule has 0 radical (unpaired) electrons. The van der Waals surface area contributed by atoms with Crippen molar-refractivity contribution in [3.63, 3.8) is 0 Å². The van der Waals surface area contributed by atoms with E-state index >= 15 is 0 Å². The van der Waals surface area contributed by atoms with E-state index in [2.05, 4.69) is 31.2 Å². The molecule has 114 valence electrons. The Morgan fingerprint density at radius 1 is 1.24 bits per heavy atom. The molecule has 2 N–H and O–H groups in total. The molecule has 4 nitrogen and oxygen atoms in total. The minimum Gasteiger partial charge on any atom is -0.394 e. The van der Waals surface area contributed by atoms with Crippen LogP contribution in [-0.2, 0) is 19.0 Å². The van der Waals surface area contributed by atoms with Gasteiger partial charge in [-0.1, -0.05) is 51.1 Å². The van der Waals surface area contributed by atoms with Gasteiger partial charge in [-0.05, 0) is 5.56 Å². The average molecular weight is 287 g/mol. The number of benzene rings is 1. The fourth-order valence-electron chi connectivity index (χ4n) is 2.50. The monoisotopic (exact) mass is 287 g/mol. The number of aliphatic hydroxyl groups is 1. The Balaban J connectivity index is 2.12. The largest absolute Gasteiger partial charge is 0.394 e. The van der Waals surface area contributed by atoms with Crippen molar-refractivity contribution in [3.05, 3.63) is 53.3 Å². The Bertz CT molecular complexity index is 569. The van der Waals surface area contributed by atoms with Crippen molar-refractivity contribution >= 4 is 0 Å². The zero-order valence-corrected chi connectivity index (χ0v) is 13.3. The van der Waals surface area contributed by atoms with E-state index in [9.17, 15) is 5.11 Å². The first-order chi connectivity index (χ1) is 9.91. The van der Waals surface area contributed by atoms with E-state index < -0.39 is 0 Å². The van der Waals surface area contributed by atoms with Gasteiger partial charge in [0.2, 0.25) is 0 Å². The molecular weight excluding hydrogens is 262 g/mol. The van der Waals surface area contributed by atoms with Gasteiger partial charge in [0.15, 0.2) is 0 Å². The van der Waals surface area contributed by atoms with Gasteiger partial charge >= 0.3 is 0 Å². The quantitative estimate of drug-likeness (QED) is 0.888. The highest BCUT2D eigenvalue weighted by Crippen LogP contribution is 2.24. The summed E-state index contributed by atoms with van der Waals surface area (Å²) >= 11 is 0. The second-order valence-electron chi connectivity index (χ2n) is 6.45. The van der Waals surface area contributed by atoms with Crippen LogP contribution in [0.5, 0.6) is 0 Å². The molecule has 21 heavy (non-hydrogen) atoms. The molecular formula is C17H25N3O. The lowest BCUT2D eigenvalue weighted by Crippen LogP contribution is -2.25. The molecule has 0 fully saturated rings. The number of aryl methyl sites for hydroxylation is 1. The summed E-state index contributed by atoms with van der Waals surface area (Å²) in [6.45, 7) is 7.27. The molecule has 0 saturated heterocycles. The van der Waals surface area contributed by atoms with Crippen LogP contribution in [0.15, 0.2) is 36.5 Å². The Hall–Kier alpha value is -1.65. The lowest BCUT2D eigenvalue weighted by Gasteiger charge is -2.20. The summed E-state index contributed by atoms with van der Waals surface area (Å²) in [5, 5.41) is 17.6. The number of aromatic nitrogens is 2. The van der Waals surface area contributed by atoms with Crippen molar-refractivity contribution in [1.82, 2.24) is 15.1 Å². The van der Waals surface area contributed by atoms with Gasteiger partial charge in [0.25, 0.3) is 0 Å². The van der Waals surface area contributed by atoms with E-state index in [0.29, 0.717) is 6.54 Å². The number of rotatable bonds is 5. The van der Waals surface area contributed by atoms with E-state index in [-0.39, 0.29) is 18.1 Å². The summed E-state index contributed by atoms with van der Waals surface area (Å²) in [5.74, 6) is 0. The first kappa shape index (κ1) is 15.7. The van der Waals surface area contributed by atoms with E-state index in [0.717, 1.165) is 11.3 Å². The van der Waals surface area contributed by atoms with Crippen LogP contribution in [0.25, 0.3) is 0 Å². The second kappa shape index (κ2) is 6.41. The molecule has 0 amide bonds. The Morgan fingerprint density at radius 2 is 1.90 bits per heavy atom. The number of nitrogens with one attached hydrogen (secondary N) is 1. The molecule has 1 atom stereocenters. The lowest BCUT2D eigenvalue weighted by molar-refractivity contribution is 0.243. The van der Waals surface area contributed by atoms with Crippen LogP contribution in [0, 0.1) is 0 Å². The number of aliphatic hydroxyl groups excluding tert-OH is 1. The summed E-state index contributed by atoms with van der Waals surface area (Å²) in [6, 6.07) is 9.97. The van der Waals surface area contributed by atoms with E-state index in [1.807, 2.05) is 48.3 Å². The number of hydrogen-bond donors (Lipinski definition) is 2. The molecule has 2 rings (SSSR count). The summed E-state index contributed by atoms with van der Waals surface area (Å²) < 4.78 is 1.86. The first-order valence-electron chi connectivity index (χ1n) is 7.34. The first-order valence-corrected chi connectivity index (χ1v) is 7.34. The van der Waals surface area contributed by atoms with Gasteiger partial charge < -0.3 is 10.4 Å². The van der Waals surface area contributed by atoms with E-state index in [1.54, 1.807) is 0 Å². The molecule has 0 spiro atoms. The standard InChI is InChI=1S/C17H25N3O/c1-17(2,3)16-14(11-20(4)19-16)10-18-15(12-21)13-8-6-5-7-9-13/h5-9,11,15,18,21H,10,12H2,1-4H3. The molecule has 0 aliphatic rings. The molecule has 0 aliphatic carbocycles. The topological polar surface area (TPSA) is 50.1 Å². The van der Waals surface area contributed by atoms with E-state index in [1.165, 1.54) is 5.56 Å². The number of hydrogen-bond acceptors (Lipinski definition) is 3. The maximum absolute atomic E-state index is 9.61. The van der Waals surface area contributed by atoms with Crippen molar-refractivity contribution in [2.24, 2.45) is 7.05 Å². The summed E-state index contributed by atoms with van der Waals surface area (Å²) in [6.07, 6.45) is 2.05. The van der Waals surface area contributed by atoms with Gasteiger partial charge in [-0.25, -0.2) is 0 Å². The zero-order valence-electron chi connectivity index (χ0n) is 13.3. The van der Waals surface area contributed by atoms with Crippen LogP contribution in [0.1, 0.15) is 43.6 Å². The van der Waals surface area contributed by atoms with Crippen molar-refractivity contribution in [2.45, 2.75) is 38.8 Å². The predicted octanol–water partition coefficient (Wildman–Crippen LogP) is 2.54. The van der Waals surface area contributed by atoms with Crippen molar-refractivity contribution in [2.75, 3.05) is 6.61 Å². The summed E-state index contributed by atoms with van der Waals surface area (Å²) in [7, 11) is 1.94. The highest BCUT2D eigenvalue weighted by molar-refractivity contribution is 5.25. The smallest absolute Gasteiger partial charge is 0.0722 e. The predicted molar refractivity (Wildman–Crippen MR) is 85.0 cm³/mol. The second-order valence-corrected chi connectivity index (χ2v) is 6.45. The molecule has 1 unspecified atom stereocenters. The molecule has 1 heterocycles. The normalized spacial score (nSPS) is 13.4. The average Bonchev–Trinajstić information content (AvgIpc) is 2.82. The Kier molecular flexibility index (Phi) is 4.80. The number of nitrogens with zero attached hydrogens (tertiary/aromatic N) is 2. The maximum atomic E-state index is 9.61. The van der Waals surface area contributed by atoms with E-state index in [4.69, 9.17) is 0 Å². The van der Waals surface area contributed by atoms with Crippen LogP contribution in [-0.4, -0.2) is 21.5 Å². The third-order valence-corrected chi connectivity index (χ3v) is 3.54. The fourth-order valence-corrected chi connectivity index (χ4v) is 2.50. The van der Waals surface area contributed by atoms with Crippen molar-refractivity contribution in [3.8, 4) is 0 Å². The SMILES string of the molecule is Cn1cc(CNC(CO)c2ccccc2)c(C(C)(C)C)n1. The maximum Gasteiger partial charge on any atom is 0.0722 e. The third-order valence-electron chi connectivity index (χ3n) is 3.54. The van der Waals surface area contributed by atoms with Gasteiger partial charge in [0, 0.05) is 30.8 Å². The lowest BCUT2D eigenvalue weighted by atomic mass is 9.89.